The van der Waals surface area contributed by atoms with Crippen LogP contribution in [0.2, 0.25) is 0 Å². The molecule has 0 bridgehead atoms. The molecule has 0 saturated heterocycles. The molecule has 0 aliphatic carbocycles. The summed E-state index contributed by atoms with van der Waals surface area (Å²) in [5, 5.41) is 7.77. The van der Waals surface area contributed by atoms with Crippen LogP contribution in [0.15, 0.2) is 28.7 Å². The van der Waals surface area contributed by atoms with E-state index in [0.29, 0.717) is 11.4 Å². The van der Waals surface area contributed by atoms with Crippen molar-refractivity contribution in [3.8, 4) is 11.3 Å². The van der Waals surface area contributed by atoms with Crippen LogP contribution in [0.1, 0.15) is 10.5 Å². The number of nitrogens with zero attached hydrogens (tertiary/aromatic N) is 3. The fourth-order valence-electron chi connectivity index (χ4n) is 1.34. The number of benzene rings is 1. The molecule has 0 unspecified atom stereocenters. The maximum Gasteiger partial charge on any atom is 0.170 e. The molecule has 2 aromatic rings. The zero-order valence-electron chi connectivity index (χ0n) is 8.01. The molecule has 0 atom stereocenters. The van der Waals surface area contributed by atoms with Gasteiger partial charge in [0.05, 0.1) is 0 Å². The number of aldehydes is 1. The zero-order chi connectivity index (χ0) is 10.8. The lowest BCUT2D eigenvalue weighted by molar-refractivity contribution is 0.111. The van der Waals surface area contributed by atoms with Gasteiger partial charge in [-0.3, -0.25) is 4.79 Å². The standard InChI is InChI=1S/C10H8BrN3O/c1-14-9(6-15)10(12-13-14)7-3-2-4-8(11)5-7/h2-6H,1H3. The predicted molar refractivity (Wildman–Crippen MR) is 59.5 cm³/mol. The van der Waals surface area contributed by atoms with Gasteiger partial charge in [0.2, 0.25) is 0 Å². The Bertz CT molecular complexity index is 507. The van der Waals surface area contributed by atoms with Crippen molar-refractivity contribution in [3.05, 3.63) is 34.4 Å². The molecule has 0 N–H and O–H groups in total. The summed E-state index contributed by atoms with van der Waals surface area (Å²) in [6.45, 7) is 0. The summed E-state index contributed by atoms with van der Waals surface area (Å²) in [6, 6.07) is 7.60. The van der Waals surface area contributed by atoms with E-state index in [-0.39, 0.29) is 0 Å². The molecule has 4 nitrogen and oxygen atoms in total. The van der Waals surface area contributed by atoms with Gasteiger partial charge >= 0.3 is 0 Å². The Morgan fingerprint density at radius 3 is 2.93 bits per heavy atom. The molecule has 0 amide bonds. The Kier molecular flexibility index (Phi) is 2.64. The molecular weight excluding hydrogens is 258 g/mol. The van der Waals surface area contributed by atoms with E-state index in [1.165, 1.54) is 4.68 Å². The summed E-state index contributed by atoms with van der Waals surface area (Å²) in [6.07, 6.45) is 0.760. The van der Waals surface area contributed by atoms with Crippen LogP contribution in [0.4, 0.5) is 0 Å². The van der Waals surface area contributed by atoms with Gasteiger partial charge in [-0.25, -0.2) is 4.68 Å². The molecule has 5 heteroatoms. The van der Waals surface area contributed by atoms with E-state index in [9.17, 15) is 4.79 Å². The van der Waals surface area contributed by atoms with Crippen LogP contribution in [-0.4, -0.2) is 21.3 Å². The smallest absolute Gasteiger partial charge is 0.170 e. The molecule has 0 spiro atoms. The first-order chi connectivity index (χ1) is 7.22. The number of aromatic nitrogens is 3. The van der Waals surface area contributed by atoms with Gasteiger partial charge in [-0.15, -0.1) is 5.10 Å². The molecule has 76 valence electrons. The molecule has 0 radical (unpaired) electrons. The fraction of sp³-hybridized carbons (Fsp3) is 0.100. The second-order valence-electron chi connectivity index (χ2n) is 3.08. The van der Waals surface area contributed by atoms with E-state index < -0.39 is 0 Å². The molecule has 0 aliphatic rings. The van der Waals surface area contributed by atoms with E-state index in [1.807, 2.05) is 24.3 Å². The van der Waals surface area contributed by atoms with Crippen LogP contribution in [0.25, 0.3) is 11.3 Å². The van der Waals surface area contributed by atoms with Crippen molar-refractivity contribution < 1.29 is 4.79 Å². The first-order valence-electron chi connectivity index (χ1n) is 4.33. The average molecular weight is 266 g/mol. The summed E-state index contributed by atoms with van der Waals surface area (Å²) in [5.41, 5.74) is 1.96. The number of carbonyl (C=O) groups excluding carboxylic acids is 1. The minimum atomic E-state index is 0.480. The third-order valence-electron chi connectivity index (χ3n) is 2.08. The second-order valence-corrected chi connectivity index (χ2v) is 3.99. The second kappa shape index (κ2) is 3.94. The quantitative estimate of drug-likeness (QED) is 0.781. The molecule has 0 fully saturated rings. The van der Waals surface area contributed by atoms with Crippen LogP contribution in [0.5, 0.6) is 0 Å². The molecule has 2 rings (SSSR count). The van der Waals surface area contributed by atoms with E-state index in [0.717, 1.165) is 16.3 Å². The number of aryl methyl sites for hydroxylation is 1. The van der Waals surface area contributed by atoms with E-state index in [2.05, 4.69) is 26.2 Å². The van der Waals surface area contributed by atoms with Crippen molar-refractivity contribution in [2.45, 2.75) is 0 Å². The van der Waals surface area contributed by atoms with Gasteiger partial charge in [0, 0.05) is 17.1 Å². The number of hydrogen-bond donors (Lipinski definition) is 0. The van der Waals surface area contributed by atoms with Crippen LogP contribution >= 0.6 is 15.9 Å². The lowest BCUT2D eigenvalue weighted by Gasteiger charge is -1.98. The molecule has 1 aromatic carbocycles. The summed E-state index contributed by atoms with van der Waals surface area (Å²) in [7, 11) is 1.69. The molecule has 1 heterocycles. The van der Waals surface area contributed by atoms with E-state index >= 15 is 0 Å². The summed E-state index contributed by atoms with van der Waals surface area (Å²) in [5.74, 6) is 0. The van der Waals surface area contributed by atoms with Gasteiger partial charge in [0.25, 0.3) is 0 Å². The van der Waals surface area contributed by atoms with Crippen LogP contribution < -0.4 is 0 Å². The van der Waals surface area contributed by atoms with Crippen molar-refractivity contribution in [1.29, 1.82) is 0 Å². The lowest BCUT2D eigenvalue weighted by Crippen LogP contribution is -1.96. The highest BCUT2D eigenvalue weighted by atomic mass is 79.9. The maximum absolute atomic E-state index is 10.9. The molecular formula is C10H8BrN3O. The van der Waals surface area contributed by atoms with Crippen molar-refractivity contribution in [1.82, 2.24) is 15.0 Å². The Hall–Kier alpha value is -1.49. The van der Waals surface area contributed by atoms with Gasteiger partial charge in [0.1, 0.15) is 11.4 Å². The van der Waals surface area contributed by atoms with E-state index in [1.54, 1.807) is 7.05 Å². The van der Waals surface area contributed by atoms with Crippen molar-refractivity contribution in [2.24, 2.45) is 7.05 Å². The largest absolute Gasteiger partial charge is 0.296 e. The van der Waals surface area contributed by atoms with Crippen LogP contribution in [-0.2, 0) is 7.05 Å². The monoisotopic (exact) mass is 265 g/mol. The first-order valence-corrected chi connectivity index (χ1v) is 5.12. The number of hydrogen-bond acceptors (Lipinski definition) is 3. The Balaban J connectivity index is 2.58. The first kappa shape index (κ1) is 10.0. The normalized spacial score (nSPS) is 10.3. The van der Waals surface area contributed by atoms with Gasteiger partial charge in [-0.05, 0) is 12.1 Å². The number of halogens is 1. The SMILES string of the molecule is Cn1nnc(-c2cccc(Br)c2)c1C=O. The maximum atomic E-state index is 10.9. The van der Waals surface area contributed by atoms with Gasteiger partial charge < -0.3 is 0 Å². The summed E-state index contributed by atoms with van der Waals surface area (Å²) >= 11 is 3.37. The third-order valence-corrected chi connectivity index (χ3v) is 2.57. The highest BCUT2D eigenvalue weighted by molar-refractivity contribution is 9.10. The number of rotatable bonds is 2. The summed E-state index contributed by atoms with van der Waals surface area (Å²) in [4.78, 5) is 10.9. The highest BCUT2D eigenvalue weighted by Crippen LogP contribution is 2.22. The Labute approximate surface area is 95.0 Å². The molecule has 1 aromatic heterocycles. The topological polar surface area (TPSA) is 47.8 Å². The molecule has 15 heavy (non-hydrogen) atoms. The Morgan fingerprint density at radius 1 is 1.47 bits per heavy atom. The predicted octanol–water partition coefficient (Wildman–Crippen LogP) is 2.06. The minimum Gasteiger partial charge on any atom is -0.296 e. The van der Waals surface area contributed by atoms with Gasteiger partial charge in [0.15, 0.2) is 6.29 Å². The number of carbonyl (C=O) groups is 1. The average Bonchev–Trinajstić information content (AvgIpc) is 2.59. The molecule has 0 aliphatic heterocycles. The summed E-state index contributed by atoms with van der Waals surface area (Å²) < 4.78 is 2.41. The van der Waals surface area contributed by atoms with Crippen LogP contribution in [0, 0.1) is 0 Å². The minimum absolute atomic E-state index is 0.480. The lowest BCUT2D eigenvalue weighted by atomic mass is 10.1. The fourth-order valence-corrected chi connectivity index (χ4v) is 1.74. The van der Waals surface area contributed by atoms with E-state index in [4.69, 9.17) is 0 Å². The van der Waals surface area contributed by atoms with Gasteiger partial charge in [-0.1, -0.05) is 33.3 Å². The van der Waals surface area contributed by atoms with Crippen molar-refractivity contribution >= 4 is 22.2 Å². The van der Waals surface area contributed by atoms with Gasteiger partial charge in [-0.2, -0.15) is 0 Å². The Morgan fingerprint density at radius 2 is 2.27 bits per heavy atom. The van der Waals surface area contributed by atoms with Crippen molar-refractivity contribution in [2.75, 3.05) is 0 Å². The zero-order valence-corrected chi connectivity index (χ0v) is 9.60. The third kappa shape index (κ3) is 1.83. The molecule has 0 saturated carbocycles. The highest BCUT2D eigenvalue weighted by Gasteiger charge is 2.11. The van der Waals surface area contributed by atoms with Crippen molar-refractivity contribution in [3.63, 3.8) is 0 Å². The van der Waals surface area contributed by atoms with Crippen LogP contribution in [0.3, 0.4) is 0 Å².